The van der Waals surface area contributed by atoms with Gasteiger partial charge in [0.2, 0.25) is 0 Å². The highest BCUT2D eigenvalue weighted by Gasteiger charge is 2.23. The maximum atomic E-state index is 4.76. The second kappa shape index (κ2) is 9.09. The lowest BCUT2D eigenvalue weighted by Crippen LogP contribution is -2.36. The van der Waals surface area contributed by atoms with Crippen LogP contribution >= 0.6 is 0 Å². The first-order valence-corrected chi connectivity index (χ1v) is 14.0. The summed E-state index contributed by atoms with van der Waals surface area (Å²) in [7, 11) is -1.95. The lowest BCUT2D eigenvalue weighted by atomic mass is 10.2. The second-order valence-electron chi connectivity index (χ2n) is 8.98. The molecule has 0 aliphatic carbocycles. The van der Waals surface area contributed by atoms with E-state index in [0.717, 1.165) is 33.6 Å². The molecule has 0 saturated carbocycles. The SMILES string of the molecule is CC(C)[SiH](c1ccc(-c2ccc([SiH](C(C)C)C(C)C)cn2)nc1)C(C)C. The van der Waals surface area contributed by atoms with E-state index >= 15 is 0 Å². The molecular weight excluding hydrogens is 348 g/mol. The summed E-state index contributed by atoms with van der Waals surface area (Å²) in [5.74, 6) is 0. The third-order valence-electron chi connectivity index (χ3n) is 5.48. The predicted octanol–water partition coefficient (Wildman–Crippen LogP) is 4.65. The van der Waals surface area contributed by atoms with Crippen LogP contribution in [0.25, 0.3) is 11.4 Å². The molecule has 0 bridgehead atoms. The van der Waals surface area contributed by atoms with Crippen molar-refractivity contribution < 1.29 is 0 Å². The van der Waals surface area contributed by atoms with Gasteiger partial charge in [-0.3, -0.25) is 9.97 Å². The Morgan fingerprint density at radius 3 is 1.04 bits per heavy atom. The van der Waals surface area contributed by atoms with E-state index in [1.54, 1.807) is 0 Å². The van der Waals surface area contributed by atoms with Gasteiger partial charge in [-0.1, -0.05) is 67.5 Å². The first kappa shape index (κ1) is 21.0. The van der Waals surface area contributed by atoms with Gasteiger partial charge in [-0.15, -0.1) is 0 Å². The number of rotatable bonds is 7. The van der Waals surface area contributed by atoms with Crippen LogP contribution in [-0.4, -0.2) is 27.6 Å². The number of pyridine rings is 2. The highest BCUT2D eigenvalue weighted by atomic mass is 28.3. The Balaban J connectivity index is 2.24. The molecule has 0 fully saturated rings. The number of nitrogens with zero attached hydrogens (tertiary/aromatic N) is 2. The standard InChI is InChI=1S/C22H36N2Si2/c1-15(2)25(16(3)4)19-9-11-21(23-13-19)22-12-10-20(14-24-22)26(17(5)6)18(7)8/h9-18,25-26H,1-8H3. The zero-order valence-corrected chi connectivity index (χ0v) is 20.1. The highest BCUT2D eigenvalue weighted by molar-refractivity contribution is 6.76. The number of hydrogen-bond donors (Lipinski definition) is 0. The van der Waals surface area contributed by atoms with Crippen molar-refractivity contribution in [1.29, 1.82) is 0 Å². The van der Waals surface area contributed by atoms with Crippen molar-refractivity contribution >= 4 is 28.0 Å². The smallest absolute Gasteiger partial charge is 0.0885 e. The summed E-state index contributed by atoms with van der Waals surface area (Å²) >= 11 is 0. The molecule has 2 heterocycles. The molecule has 0 aromatic carbocycles. The first-order valence-electron chi connectivity index (χ1n) is 10.1. The van der Waals surface area contributed by atoms with Gasteiger partial charge in [0, 0.05) is 12.4 Å². The Labute approximate surface area is 163 Å². The van der Waals surface area contributed by atoms with E-state index in [9.17, 15) is 0 Å². The van der Waals surface area contributed by atoms with Crippen molar-refractivity contribution in [3.05, 3.63) is 36.7 Å². The van der Waals surface area contributed by atoms with Crippen LogP contribution in [0.2, 0.25) is 22.2 Å². The quantitative estimate of drug-likeness (QED) is 0.649. The Morgan fingerprint density at radius 1 is 0.538 bits per heavy atom. The van der Waals surface area contributed by atoms with Crippen molar-refractivity contribution in [1.82, 2.24) is 9.97 Å². The van der Waals surface area contributed by atoms with Crippen LogP contribution in [0, 0.1) is 0 Å². The zero-order chi connectivity index (χ0) is 19.4. The molecule has 0 spiro atoms. The molecule has 0 aliphatic heterocycles. The average molecular weight is 385 g/mol. The maximum Gasteiger partial charge on any atom is 0.0885 e. The normalized spacial score (nSPS) is 12.4. The average Bonchev–Trinajstić information content (AvgIpc) is 2.55. The van der Waals surface area contributed by atoms with Crippen LogP contribution in [0.3, 0.4) is 0 Å². The van der Waals surface area contributed by atoms with Crippen LogP contribution in [0.4, 0.5) is 0 Å². The van der Waals surface area contributed by atoms with Gasteiger partial charge in [0.1, 0.15) is 0 Å². The molecular formula is C22H36N2Si2. The first-order chi connectivity index (χ1) is 12.2. The van der Waals surface area contributed by atoms with Gasteiger partial charge in [0.25, 0.3) is 0 Å². The summed E-state index contributed by atoms with van der Waals surface area (Å²) in [5, 5.41) is 2.95. The molecule has 0 amide bonds. The molecule has 0 unspecified atom stereocenters. The molecule has 4 heteroatoms. The van der Waals surface area contributed by atoms with Gasteiger partial charge in [0.05, 0.1) is 29.0 Å². The molecule has 26 heavy (non-hydrogen) atoms. The Hall–Kier alpha value is -1.27. The largest absolute Gasteiger partial charge is 0.255 e. The van der Waals surface area contributed by atoms with E-state index in [1.807, 2.05) is 0 Å². The fourth-order valence-electron chi connectivity index (χ4n) is 4.59. The van der Waals surface area contributed by atoms with Gasteiger partial charge < -0.3 is 0 Å². The lowest BCUT2D eigenvalue weighted by Gasteiger charge is -2.24. The highest BCUT2D eigenvalue weighted by Crippen LogP contribution is 2.22. The topological polar surface area (TPSA) is 25.8 Å². The van der Waals surface area contributed by atoms with E-state index < -0.39 is 17.6 Å². The van der Waals surface area contributed by atoms with Crippen LogP contribution in [0.5, 0.6) is 0 Å². The number of hydrogen-bond acceptors (Lipinski definition) is 2. The Bertz CT molecular complexity index is 599. The van der Waals surface area contributed by atoms with Gasteiger partial charge in [0.15, 0.2) is 0 Å². The fraction of sp³-hybridized carbons (Fsp3) is 0.545. The fourth-order valence-corrected chi connectivity index (χ4v) is 11.9. The molecule has 0 aliphatic rings. The third-order valence-corrected chi connectivity index (χ3v) is 13.4. The van der Waals surface area contributed by atoms with E-state index in [0.29, 0.717) is 0 Å². The Kier molecular flexibility index (Phi) is 7.36. The zero-order valence-electron chi connectivity index (χ0n) is 17.8. The maximum absolute atomic E-state index is 4.76. The van der Waals surface area contributed by atoms with Gasteiger partial charge in [-0.25, -0.2) is 0 Å². The van der Waals surface area contributed by atoms with Crippen molar-refractivity contribution in [3.8, 4) is 11.4 Å². The minimum absolute atomic E-state index is 0.758. The van der Waals surface area contributed by atoms with E-state index in [4.69, 9.17) is 9.97 Å². The molecule has 2 nitrogen and oxygen atoms in total. The number of aromatic nitrogens is 2. The van der Waals surface area contributed by atoms with E-state index in [2.05, 4.69) is 92.0 Å². The van der Waals surface area contributed by atoms with Crippen molar-refractivity contribution in [2.45, 2.75) is 77.6 Å². The molecule has 0 radical (unpaired) electrons. The molecule has 0 atom stereocenters. The van der Waals surface area contributed by atoms with E-state index in [1.165, 1.54) is 10.4 Å². The summed E-state index contributed by atoms with van der Waals surface area (Å²) in [6.07, 6.45) is 4.23. The van der Waals surface area contributed by atoms with Gasteiger partial charge in [-0.2, -0.15) is 0 Å². The molecule has 0 saturated heterocycles. The van der Waals surface area contributed by atoms with E-state index in [-0.39, 0.29) is 0 Å². The summed E-state index contributed by atoms with van der Waals surface area (Å²) in [4.78, 5) is 9.53. The van der Waals surface area contributed by atoms with Gasteiger partial charge in [-0.05, 0) is 44.7 Å². The second-order valence-corrected chi connectivity index (χ2v) is 17.8. The molecule has 0 N–H and O–H groups in total. The summed E-state index contributed by atoms with van der Waals surface area (Å²) in [6, 6.07) is 8.94. The van der Waals surface area contributed by atoms with Crippen molar-refractivity contribution in [2.75, 3.05) is 0 Å². The summed E-state index contributed by atoms with van der Waals surface area (Å²) < 4.78 is 0. The van der Waals surface area contributed by atoms with Gasteiger partial charge >= 0.3 is 0 Å². The minimum atomic E-state index is -0.975. The van der Waals surface area contributed by atoms with Crippen molar-refractivity contribution in [2.24, 2.45) is 0 Å². The van der Waals surface area contributed by atoms with Crippen LogP contribution in [0.15, 0.2) is 36.7 Å². The molecule has 2 aromatic heterocycles. The lowest BCUT2D eigenvalue weighted by molar-refractivity contribution is 0.950. The van der Waals surface area contributed by atoms with Crippen LogP contribution < -0.4 is 10.4 Å². The monoisotopic (exact) mass is 384 g/mol. The van der Waals surface area contributed by atoms with Crippen LogP contribution in [-0.2, 0) is 0 Å². The summed E-state index contributed by atoms with van der Waals surface area (Å²) in [5.41, 5.74) is 5.02. The molecule has 142 valence electrons. The summed E-state index contributed by atoms with van der Waals surface area (Å²) in [6.45, 7) is 18.8. The molecule has 2 aromatic rings. The van der Waals surface area contributed by atoms with Crippen molar-refractivity contribution in [3.63, 3.8) is 0 Å². The third kappa shape index (κ3) is 4.92. The predicted molar refractivity (Wildman–Crippen MR) is 121 cm³/mol. The Morgan fingerprint density at radius 2 is 0.846 bits per heavy atom. The van der Waals surface area contributed by atoms with Crippen LogP contribution in [0.1, 0.15) is 55.4 Å². The minimum Gasteiger partial charge on any atom is -0.255 e. The molecule has 2 rings (SSSR count).